The van der Waals surface area contributed by atoms with Crippen LogP contribution in [0.5, 0.6) is 0 Å². The number of ketones is 1. The van der Waals surface area contributed by atoms with Crippen molar-refractivity contribution in [3.05, 3.63) is 47.0 Å². The number of benzene rings is 1. The van der Waals surface area contributed by atoms with Crippen molar-refractivity contribution in [2.24, 2.45) is 11.8 Å². The average molecular weight is 520 g/mol. The maximum Gasteiger partial charge on any atom is 0.397 e. The Labute approximate surface area is 212 Å². The molecule has 2 amide bonds. The van der Waals surface area contributed by atoms with E-state index in [1.54, 1.807) is 12.1 Å². The minimum absolute atomic E-state index is 0.0934. The third kappa shape index (κ3) is 5.15. The van der Waals surface area contributed by atoms with Gasteiger partial charge in [-0.2, -0.15) is 0 Å². The molecule has 0 unspecified atom stereocenters. The number of aryl methyl sites for hydroxylation is 1. The molecule has 1 saturated heterocycles. The highest BCUT2D eigenvalue weighted by atomic mass is 35.5. The minimum atomic E-state index is -2.25. The molecular formula is C26H34ClNO6Si. The number of hydrogen-bond acceptors (Lipinski definition) is 6. The minimum Gasteiger partial charge on any atom is -0.454 e. The van der Waals surface area contributed by atoms with Gasteiger partial charge >= 0.3 is 11.9 Å². The van der Waals surface area contributed by atoms with Crippen LogP contribution in [-0.2, 0) is 30.0 Å². The molecule has 190 valence electrons. The molecule has 0 aromatic heterocycles. The van der Waals surface area contributed by atoms with Crippen LogP contribution < -0.4 is 0 Å². The number of carbonyl (C=O) groups excluding carboxylic acids is 4. The molecule has 1 heterocycles. The smallest absolute Gasteiger partial charge is 0.397 e. The standard InChI is InChI=1S/C26H34ClNO6Si/c1-8-13-33-25(32)24(31)28-21(18-12-10-16-9-11-17(27)14-19(16)22(18)29)20(23(28)30)15(2)34-35(6,7)26(3,4)5/h8-9,11,14-15,18,20-21H,1,10,12-13H2,2-7H3/t15-,18-,20-,21-/m1/s1. The summed E-state index contributed by atoms with van der Waals surface area (Å²) in [5.41, 5.74) is 1.37. The number of imide groups is 1. The van der Waals surface area contributed by atoms with Gasteiger partial charge in [-0.3, -0.25) is 19.3 Å². The number of β-lactam (4-membered cyclic amide) rings is 1. The molecule has 1 aromatic carbocycles. The molecular weight excluding hydrogens is 486 g/mol. The Hall–Kier alpha value is -2.29. The fraction of sp³-hybridized carbons (Fsp3) is 0.538. The van der Waals surface area contributed by atoms with Crippen molar-refractivity contribution in [3.8, 4) is 0 Å². The van der Waals surface area contributed by atoms with E-state index in [9.17, 15) is 19.2 Å². The summed E-state index contributed by atoms with van der Waals surface area (Å²) in [6, 6.07) is 4.39. The molecule has 35 heavy (non-hydrogen) atoms. The van der Waals surface area contributed by atoms with Crippen molar-refractivity contribution in [1.29, 1.82) is 0 Å². The predicted molar refractivity (Wildman–Crippen MR) is 136 cm³/mol. The summed E-state index contributed by atoms with van der Waals surface area (Å²) in [5.74, 6) is -4.31. The molecule has 0 spiro atoms. The van der Waals surface area contributed by atoms with Gasteiger partial charge in [0, 0.05) is 16.5 Å². The summed E-state index contributed by atoms with van der Waals surface area (Å²) in [4.78, 5) is 53.0. The molecule has 0 bridgehead atoms. The number of esters is 1. The van der Waals surface area contributed by atoms with E-state index in [0.29, 0.717) is 23.4 Å². The van der Waals surface area contributed by atoms with Crippen molar-refractivity contribution in [3.63, 3.8) is 0 Å². The van der Waals surface area contributed by atoms with Gasteiger partial charge in [-0.15, -0.1) is 0 Å². The van der Waals surface area contributed by atoms with Gasteiger partial charge in [-0.25, -0.2) is 4.79 Å². The lowest BCUT2D eigenvalue weighted by Crippen LogP contribution is -2.71. The van der Waals surface area contributed by atoms with Crippen LogP contribution in [0.1, 0.15) is 50.0 Å². The number of fused-ring (bicyclic) bond motifs is 1. The Bertz CT molecular complexity index is 1060. The molecule has 0 radical (unpaired) electrons. The Kier molecular flexibility index (Phi) is 7.79. The second kappa shape index (κ2) is 9.99. The maximum atomic E-state index is 13.6. The summed E-state index contributed by atoms with van der Waals surface area (Å²) in [6.45, 7) is 15.6. The number of Topliss-reactive ketones (excluding diaryl/α,β-unsaturated/α-hetero) is 1. The number of hydrogen-bond donors (Lipinski definition) is 0. The van der Waals surface area contributed by atoms with Crippen molar-refractivity contribution in [2.45, 2.75) is 70.8 Å². The van der Waals surface area contributed by atoms with Crippen molar-refractivity contribution in [1.82, 2.24) is 4.90 Å². The molecule has 7 nitrogen and oxygen atoms in total. The van der Waals surface area contributed by atoms with Gasteiger partial charge in [0.05, 0.1) is 18.1 Å². The highest BCUT2D eigenvalue weighted by Crippen LogP contribution is 2.44. The van der Waals surface area contributed by atoms with E-state index in [1.807, 2.05) is 13.0 Å². The number of rotatable bonds is 6. The SMILES string of the molecule is C=CCOC(=O)C(=O)N1C(=O)[C@H]([C@@H](C)O[Si](C)(C)C(C)(C)C)[C@H]1[C@H]1CCc2ccc(Cl)cc2C1=O. The largest absolute Gasteiger partial charge is 0.454 e. The van der Waals surface area contributed by atoms with Crippen LogP contribution in [0.4, 0.5) is 0 Å². The summed E-state index contributed by atoms with van der Waals surface area (Å²) < 4.78 is 11.4. The zero-order valence-corrected chi connectivity index (χ0v) is 23.0. The lowest BCUT2D eigenvalue weighted by Gasteiger charge is -2.52. The first-order valence-electron chi connectivity index (χ1n) is 11.9. The Morgan fingerprint density at radius 3 is 2.54 bits per heavy atom. The third-order valence-corrected chi connectivity index (χ3v) is 12.3. The van der Waals surface area contributed by atoms with Crippen LogP contribution in [0, 0.1) is 11.8 Å². The van der Waals surface area contributed by atoms with Crippen LogP contribution in [-0.4, -0.2) is 55.5 Å². The zero-order valence-electron chi connectivity index (χ0n) is 21.2. The number of amides is 2. The van der Waals surface area contributed by atoms with E-state index < -0.39 is 50.1 Å². The Morgan fingerprint density at radius 1 is 1.29 bits per heavy atom. The van der Waals surface area contributed by atoms with Gasteiger partial charge in [0.25, 0.3) is 0 Å². The number of ether oxygens (including phenoxy) is 1. The summed E-state index contributed by atoms with van der Waals surface area (Å²) >= 11 is 6.15. The quantitative estimate of drug-likeness (QED) is 0.180. The molecule has 0 N–H and O–H groups in total. The molecule has 1 fully saturated rings. The first kappa shape index (κ1) is 27.3. The van der Waals surface area contributed by atoms with Gasteiger partial charge in [-0.05, 0) is 55.6 Å². The first-order chi connectivity index (χ1) is 16.2. The maximum absolute atomic E-state index is 13.6. The molecule has 2 aliphatic rings. The second-order valence-corrected chi connectivity index (χ2v) is 16.0. The predicted octanol–water partition coefficient (Wildman–Crippen LogP) is 4.58. The van der Waals surface area contributed by atoms with E-state index in [1.165, 1.54) is 6.08 Å². The summed E-state index contributed by atoms with van der Waals surface area (Å²) in [5, 5.41) is 0.346. The monoisotopic (exact) mass is 519 g/mol. The highest BCUT2D eigenvalue weighted by Gasteiger charge is 2.60. The lowest BCUT2D eigenvalue weighted by atomic mass is 9.69. The third-order valence-electron chi connectivity index (χ3n) is 7.52. The van der Waals surface area contributed by atoms with Gasteiger partial charge < -0.3 is 9.16 Å². The van der Waals surface area contributed by atoms with Crippen molar-refractivity contribution >= 4 is 43.5 Å². The van der Waals surface area contributed by atoms with Crippen molar-refractivity contribution < 1.29 is 28.3 Å². The molecule has 0 saturated carbocycles. The Balaban J connectivity index is 1.96. The van der Waals surface area contributed by atoms with Gasteiger partial charge in [0.1, 0.15) is 6.61 Å². The average Bonchev–Trinajstić information content (AvgIpc) is 2.75. The van der Waals surface area contributed by atoms with Gasteiger partial charge in [-0.1, -0.05) is 51.1 Å². The zero-order chi connectivity index (χ0) is 26.3. The normalized spacial score (nSPS) is 23.3. The number of likely N-dealkylation sites (tertiary alicyclic amines) is 1. The van der Waals surface area contributed by atoms with Crippen LogP contribution in [0.25, 0.3) is 0 Å². The van der Waals surface area contributed by atoms with Crippen LogP contribution in [0.3, 0.4) is 0 Å². The number of carbonyl (C=O) groups is 4. The number of halogens is 1. The fourth-order valence-electron chi connectivity index (χ4n) is 4.65. The highest BCUT2D eigenvalue weighted by molar-refractivity contribution is 6.74. The lowest BCUT2D eigenvalue weighted by molar-refractivity contribution is -0.181. The molecule has 3 rings (SSSR count). The van der Waals surface area contributed by atoms with E-state index in [0.717, 1.165) is 10.5 Å². The topological polar surface area (TPSA) is 90.0 Å². The fourth-order valence-corrected chi connectivity index (χ4v) is 6.25. The summed E-state index contributed by atoms with van der Waals surface area (Å²) in [6.07, 6.45) is 1.85. The Morgan fingerprint density at radius 2 is 1.94 bits per heavy atom. The van der Waals surface area contributed by atoms with E-state index in [4.69, 9.17) is 20.8 Å². The molecule has 1 aliphatic heterocycles. The van der Waals surface area contributed by atoms with Gasteiger partial charge in [0.15, 0.2) is 14.1 Å². The molecule has 4 atom stereocenters. The second-order valence-electron chi connectivity index (χ2n) is 10.8. The van der Waals surface area contributed by atoms with E-state index in [-0.39, 0.29) is 17.4 Å². The molecule has 1 aliphatic carbocycles. The van der Waals surface area contributed by atoms with Crippen LogP contribution in [0.15, 0.2) is 30.9 Å². The molecule has 1 aromatic rings. The first-order valence-corrected chi connectivity index (χ1v) is 15.2. The van der Waals surface area contributed by atoms with Gasteiger partial charge in [0.2, 0.25) is 5.91 Å². The van der Waals surface area contributed by atoms with E-state index >= 15 is 0 Å². The van der Waals surface area contributed by atoms with Crippen molar-refractivity contribution in [2.75, 3.05) is 6.61 Å². The van der Waals surface area contributed by atoms with Crippen LogP contribution in [0.2, 0.25) is 23.2 Å². The van der Waals surface area contributed by atoms with E-state index in [2.05, 4.69) is 40.4 Å². The number of nitrogens with zero attached hydrogens (tertiary/aromatic N) is 1. The summed E-state index contributed by atoms with van der Waals surface area (Å²) in [7, 11) is -2.25. The van der Waals surface area contributed by atoms with Crippen LogP contribution >= 0.6 is 11.6 Å². The molecule has 9 heteroatoms.